The van der Waals surface area contributed by atoms with Crippen LogP contribution in [0.15, 0.2) is 0 Å². The van der Waals surface area contributed by atoms with Crippen LogP contribution in [0.2, 0.25) is 0 Å². The second kappa shape index (κ2) is 2.96. The van der Waals surface area contributed by atoms with Gasteiger partial charge in [0.25, 0.3) is 0 Å². The predicted molar refractivity (Wildman–Crippen MR) is 51.0 cm³/mol. The molecular weight excluding hydrogens is 168 g/mol. The first-order valence-corrected chi connectivity index (χ1v) is 4.75. The van der Waals surface area contributed by atoms with Crippen LogP contribution in [0.1, 0.15) is 40.5 Å². The van der Waals surface area contributed by atoms with Crippen molar-refractivity contribution in [2.75, 3.05) is 0 Å². The summed E-state index contributed by atoms with van der Waals surface area (Å²) < 4.78 is 0. The molecule has 2 atom stereocenters. The molecule has 0 bridgehead atoms. The molecule has 0 saturated carbocycles. The molecule has 1 amide bonds. The number of hydroxylamine groups is 2. The van der Waals surface area contributed by atoms with Crippen LogP contribution in [0, 0.1) is 0 Å². The van der Waals surface area contributed by atoms with E-state index in [1.54, 1.807) is 0 Å². The predicted octanol–water partition coefficient (Wildman–Crippen LogP) is 0.353. The Hall–Kier alpha value is -0.610. The van der Waals surface area contributed by atoms with Crippen LogP contribution in [0.25, 0.3) is 0 Å². The van der Waals surface area contributed by atoms with Gasteiger partial charge in [-0.05, 0) is 31.8 Å². The second-order valence-corrected chi connectivity index (χ2v) is 4.04. The summed E-state index contributed by atoms with van der Waals surface area (Å²) in [6.45, 7) is 7.61. The molecule has 1 rings (SSSR count). The van der Waals surface area contributed by atoms with Crippen molar-refractivity contribution in [3.8, 4) is 0 Å². The third-order valence-corrected chi connectivity index (χ3v) is 3.24. The normalized spacial score (nSPS) is 40.8. The van der Waals surface area contributed by atoms with E-state index in [1.807, 2.05) is 27.7 Å². The van der Waals surface area contributed by atoms with Crippen molar-refractivity contribution in [3.63, 3.8) is 0 Å². The number of nitrogens with zero attached hydrogens (tertiary/aromatic N) is 1. The van der Waals surface area contributed by atoms with Gasteiger partial charge >= 0.3 is 0 Å². The monoisotopic (exact) mass is 187 g/mol. The summed E-state index contributed by atoms with van der Waals surface area (Å²) in [5.41, 5.74) is -1.16. The molecule has 0 aliphatic carbocycles. The summed E-state index contributed by atoms with van der Waals surface area (Å²) in [6, 6.07) is 0. The zero-order valence-corrected chi connectivity index (χ0v) is 8.77. The molecule has 1 heterocycles. The van der Waals surface area contributed by atoms with E-state index in [0.29, 0.717) is 6.42 Å². The molecule has 0 aromatic carbocycles. The first kappa shape index (κ1) is 10.5. The highest BCUT2D eigenvalue weighted by atomic mass is 16.5. The largest absolute Gasteiger partial charge is 0.336 e. The van der Waals surface area contributed by atoms with Crippen LogP contribution in [0.5, 0.6) is 0 Å². The summed E-state index contributed by atoms with van der Waals surface area (Å²) >= 11 is 0. The number of hydrogen-bond donors (Lipinski definition) is 1. The van der Waals surface area contributed by atoms with Crippen molar-refractivity contribution in [3.05, 3.63) is 0 Å². The lowest BCUT2D eigenvalue weighted by Gasteiger charge is -2.29. The molecule has 3 N–H and O–H groups in total. The SMILES string of the molecule is CCC1(C)NC(=O)C(C)(CC)N1[OH2+]. The van der Waals surface area contributed by atoms with E-state index in [0.717, 1.165) is 6.42 Å². The van der Waals surface area contributed by atoms with Crippen molar-refractivity contribution in [1.29, 1.82) is 0 Å². The van der Waals surface area contributed by atoms with Crippen LogP contribution >= 0.6 is 0 Å². The summed E-state index contributed by atoms with van der Waals surface area (Å²) in [5, 5.41) is 12.2. The number of hydrogen-bond acceptors (Lipinski definition) is 2. The van der Waals surface area contributed by atoms with Crippen molar-refractivity contribution in [2.45, 2.75) is 51.7 Å². The number of nitrogens with one attached hydrogen (secondary N) is 1. The van der Waals surface area contributed by atoms with Gasteiger partial charge in [0, 0.05) is 0 Å². The van der Waals surface area contributed by atoms with Gasteiger partial charge in [0.15, 0.2) is 11.2 Å². The second-order valence-electron chi connectivity index (χ2n) is 4.04. The molecule has 0 radical (unpaired) electrons. The fraction of sp³-hybridized carbons (Fsp3) is 0.889. The van der Waals surface area contributed by atoms with Gasteiger partial charge in [0.05, 0.1) is 0 Å². The van der Waals surface area contributed by atoms with E-state index in [-0.39, 0.29) is 5.91 Å². The molecule has 4 nitrogen and oxygen atoms in total. The highest BCUT2D eigenvalue weighted by Gasteiger charge is 2.57. The average Bonchev–Trinajstić information content (AvgIpc) is 2.29. The standard InChI is InChI=1S/C9H18N2O2/c1-5-8(3)7(12)10-9(4,6-2)11(8)13/h13H,5-6H2,1-4H3,(H,10,12)/p+1. The Morgan fingerprint density at radius 1 is 1.38 bits per heavy atom. The van der Waals surface area contributed by atoms with Gasteiger partial charge in [0.2, 0.25) is 5.91 Å². The van der Waals surface area contributed by atoms with Crippen LogP contribution in [-0.2, 0) is 4.79 Å². The Morgan fingerprint density at radius 2 is 1.92 bits per heavy atom. The fourth-order valence-electron chi connectivity index (χ4n) is 1.65. The smallest absolute Gasteiger partial charge is 0.249 e. The van der Waals surface area contributed by atoms with Crippen molar-refractivity contribution < 1.29 is 10.0 Å². The molecule has 0 aromatic rings. The topological polar surface area (TPSA) is 55.2 Å². The number of rotatable bonds is 2. The third kappa shape index (κ3) is 1.25. The minimum absolute atomic E-state index is 0.0330. The van der Waals surface area contributed by atoms with Crippen molar-refractivity contribution >= 4 is 5.91 Å². The number of amides is 1. The Balaban J connectivity index is 3.00. The van der Waals surface area contributed by atoms with Gasteiger partial charge in [-0.2, -0.15) is 0 Å². The highest BCUT2D eigenvalue weighted by molar-refractivity contribution is 5.88. The lowest BCUT2D eigenvalue weighted by atomic mass is 9.98. The Labute approximate surface area is 78.9 Å². The zero-order chi connectivity index (χ0) is 10.3. The molecule has 0 spiro atoms. The van der Waals surface area contributed by atoms with Gasteiger partial charge in [-0.1, -0.05) is 13.8 Å². The lowest BCUT2D eigenvalue weighted by molar-refractivity contribution is -0.206. The van der Waals surface area contributed by atoms with Gasteiger partial charge in [-0.15, -0.1) is 0 Å². The van der Waals surface area contributed by atoms with E-state index < -0.39 is 11.2 Å². The Kier molecular flexibility index (Phi) is 2.38. The molecule has 4 heteroatoms. The van der Waals surface area contributed by atoms with Crippen molar-refractivity contribution in [1.82, 2.24) is 10.4 Å². The lowest BCUT2D eigenvalue weighted by Crippen LogP contribution is -2.51. The first-order valence-electron chi connectivity index (χ1n) is 4.75. The zero-order valence-electron chi connectivity index (χ0n) is 8.77. The molecule has 2 unspecified atom stereocenters. The summed E-state index contributed by atoms with van der Waals surface area (Å²) in [4.78, 5) is 11.6. The van der Waals surface area contributed by atoms with Crippen molar-refractivity contribution in [2.24, 2.45) is 0 Å². The maximum Gasteiger partial charge on any atom is 0.249 e. The van der Waals surface area contributed by atoms with E-state index in [1.165, 1.54) is 5.06 Å². The van der Waals surface area contributed by atoms with E-state index >= 15 is 0 Å². The summed E-state index contributed by atoms with van der Waals surface area (Å²) in [7, 11) is 0. The highest BCUT2D eigenvalue weighted by Crippen LogP contribution is 2.33. The molecule has 1 aliphatic heterocycles. The number of carbonyl (C=O) groups is 1. The van der Waals surface area contributed by atoms with Gasteiger partial charge in [-0.3, -0.25) is 4.79 Å². The van der Waals surface area contributed by atoms with E-state index in [2.05, 4.69) is 5.32 Å². The third-order valence-electron chi connectivity index (χ3n) is 3.24. The fourth-order valence-corrected chi connectivity index (χ4v) is 1.65. The minimum Gasteiger partial charge on any atom is -0.336 e. The van der Waals surface area contributed by atoms with E-state index in [4.69, 9.17) is 5.21 Å². The summed E-state index contributed by atoms with van der Waals surface area (Å²) in [6.07, 6.45) is 1.41. The summed E-state index contributed by atoms with van der Waals surface area (Å²) in [5.74, 6) is -0.0330. The van der Waals surface area contributed by atoms with Crippen LogP contribution in [0.4, 0.5) is 0 Å². The van der Waals surface area contributed by atoms with Gasteiger partial charge in [0.1, 0.15) is 0 Å². The average molecular weight is 187 g/mol. The molecule has 13 heavy (non-hydrogen) atoms. The van der Waals surface area contributed by atoms with Crippen LogP contribution < -0.4 is 5.32 Å². The Bertz CT molecular complexity index is 232. The van der Waals surface area contributed by atoms with Crippen LogP contribution in [0.3, 0.4) is 0 Å². The molecule has 1 saturated heterocycles. The van der Waals surface area contributed by atoms with Gasteiger partial charge < -0.3 is 10.5 Å². The maximum absolute atomic E-state index is 11.6. The Morgan fingerprint density at radius 3 is 2.15 bits per heavy atom. The number of carbonyl (C=O) groups excluding carboxylic acids is 1. The maximum atomic E-state index is 11.6. The van der Waals surface area contributed by atoms with Gasteiger partial charge in [-0.25, -0.2) is 0 Å². The van der Waals surface area contributed by atoms with E-state index in [9.17, 15) is 4.79 Å². The quantitative estimate of drug-likeness (QED) is 0.634. The first-order chi connectivity index (χ1) is 5.90. The molecule has 1 fully saturated rings. The molecule has 76 valence electrons. The van der Waals surface area contributed by atoms with Crippen LogP contribution in [-0.4, -0.2) is 27.4 Å². The molecular formula is C9H19N2O2+. The molecule has 0 aromatic heterocycles. The molecule has 1 aliphatic rings. The minimum atomic E-state index is -0.662.